The standard InChI is InChI=1S/C12H13FO/c13-11-7-2-1-6-10(11)12(14)8-9-4-3-5-9/h1-2,6-7,9H,3-5,8H2. The lowest BCUT2D eigenvalue weighted by Gasteiger charge is -2.24. The van der Waals surface area contributed by atoms with Crippen molar-refractivity contribution in [2.45, 2.75) is 25.7 Å². The SMILES string of the molecule is O=C(CC1CCC1)c1ccccc1F. The zero-order chi connectivity index (χ0) is 9.97. The number of halogens is 1. The maximum atomic E-state index is 13.2. The van der Waals surface area contributed by atoms with Crippen molar-refractivity contribution in [1.82, 2.24) is 0 Å². The molecular weight excluding hydrogens is 179 g/mol. The smallest absolute Gasteiger partial charge is 0.166 e. The highest BCUT2D eigenvalue weighted by atomic mass is 19.1. The summed E-state index contributed by atoms with van der Waals surface area (Å²) in [6, 6.07) is 6.22. The molecule has 14 heavy (non-hydrogen) atoms. The number of benzene rings is 1. The third-order valence-electron chi connectivity index (χ3n) is 2.87. The summed E-state index contributed by atoms with van der Waals surface area (Å²) in [5.74, 6) is 0.0618. The Kier molecular flexibility index (Phi) is 2.62. The van der Waals surface area contributed by atoms with Gasteiger partial charge in [0.25, 0.3) is 0 Å². The van der Waals surface area contributed by atoms with Crippen LogP contribution in [-0.2, 0) is 0 Å². The highest BCUT2D eigenvalue weighted by Gasteiger charge is 2.22. The van der Waals surface area contributed by atoms with Gasteiger partial charge in [-0.2, -0.15) is 0 Å². The number of hydrogen-bond donors (Lipinski definition) is 0. The first kappa shape index (κ1) is 9.38. The lowest BCUT2D eigenvalue weighted by atomic mass is 9.81. The maximum absolute atomic E-state index is 13.2. The molecule has 0 N–H and O–H groups in total. The van der Waals surface area contributed by atoms with Gasteiger partial charge in [-0.25, -0.2) is 4.39 Å². The van der Waals surface area contributed by atoms with Crippen molar-refractivity contribution >= 4 is 5.78 Å². The van der Waals surface area contributed by atoms with Crippen LogP contribution < -0.4 is 0 Å². The second kappa shape index (κ2) is 3.91. The molecule has 2 heteroatoms. The zero-order valence-electron chi connectivity index (χ0n) is 8.00. The molecule has 0 atom stereocenters. The first-order chi connectivity index (χ1) is 6.77. The largest absolute Gasteiger partial charge is 0.294 e. The molecule has 1 aromatic carbocycles. The molecule has 1 aliphatic carbocycles. The molecule has 0 saturated heterocycles. The van der Waals surface area contributed by atoms with Crippen molar-refractivity contribution in [1.29, 1.82) is 0 Å². The topological polar surface area (TPSA) is 17.1 Å². The third-order valence-corrected chi connectivity index (χ3v) is 2.87. The minimum Gasteiger partial charge on any atom is -0.294 e. The van der Waals surface area contributed by atoms with Crippen LogP contribution in [0.2, 0.25) is 0 Å². The van der Waals surface area contributed by atoms with E-state index in [4.69, 9.17) is 0 Å². The molecule has 1 aromatic rings. The molecule has 2 rings (SSSR count). The van der Waals surface area contributed by atoms with E-state index in [0.717, 1.165) is 12.8 Å². The minimum absolute atomic E-state index is 0.0483. The predicted octanol–water partition coefficient (Wildman–Crippen LogP) is 3.20. The van der Waals surface area contributed by atoms with Gasteiger partial charge in [0.15, 0.2) is 5.78 Å². The minimum atomic E-state index is -0.392. The zero-order valence-corrected chi connectivity index (χ0v) is 8.00. The molecule has 1 aliphatic rings. The van der Waals surface area contributed by atoms with Gasteiger partial charge in [0.2, 0.25) is 0 Å². The average Bonchev–Trinajstić information content (AvgIpc) is 2.12. The molecule has 0 bridgehead atoms. The lowest BCUT2D eigenvalue weighted by molar-refractivity contribution is 0.0932. The molecule has 0 radical (unpaired) electrons. The van der Waals surface area contributed by atoms with Crippen LogP contribution in [0.4, 0.5) is 4.39 Å². The molecule has 0 unspecified atom stereocenters. The molecule has 0 heterocycles. The quantitative estimate of drug-likeness (QED) is 0.672. The molecule has 74 valence electrons. The highest BCUT2D eigenvalue weighted by molar-refractivity contribution is 5.96. The molecule has 0 aromatic heterocycles. The van der Waals surface area contributed by atoms with Crippen molar-refractivity contribution in [3.8, 4) is 0 Å². The van der Waals surface area contributed by atoms with Crippen LogP contribution in [0, 0.1) is 11.7 Å². The summed E-state index contributed by atoms with van der Waals surface area (Å²) in [4.78, 5) is 11.6. The van der Waals surface area contributed by atoms with Crippen molar-refractivity contribution < 1.29 is 9.18 Å². The summed E-state index contributed by atoms with van der Waals surface area (Å²) in [6.45, 7) is 0. The van der Waals surface area contributed by atoms with Crippen molar-refractivity contribution in [3.63, 3.8) is 0 Å². The van der Waals surface area contributed by atoms with E-state index in [0.29, 0.717) is 12.3 Å². The second-order valence-electron chi connectivity index (χ2n) is 3.90. The Balaban J connectivity index is 2.06. The Morgan fingerprint density at radius 1 is 1.36 bits per heavy atom. The van der Waals surface area contributed by atoms with Gasteiger partial charge in [-0.1, -0.05) is 31.4 Å². The Morgan fingerprint density at radius 3 is 2.64 bits per heavy atom. The second-order valence-corrected chi connectivity index (χ2v) is 3.90. The Bertz CT molecular complexity index is 342. The number of Topliss-reactive ketones (excluding diaryl/α,β-unsaturated/α-hetero) is 1. The number of hydrogen-bond acceptors (Lipinski definition) is 1. The van der Waals surface area contributed by atoms with E-state index in [2.05, 4.69) is 0 Å². The van der Waals surface area contributed by atoms with E-state index in [-0.39, 0.29) is 11.3 Å². The van der Waals surface area contributed by atoms with E-state index in [1.54, 1.807) is 18.2 Å². The van der Waals surface area contributed by atoms with Crippen molar-refractivity contribution in [2.24, 2.45) is 5.92 Å². The number of carbonyl (C=O) groups is 1. The number of rotatable bonds is 3. The summed E-state index contributed by atoms with van der Waals surface area (Å²) in [7, 11) is 0. The summed E-state index contributed by atoms with van der Waals surface area (Å²) >= 11 is 0. The van der Waals surface area contributed by atoms with Gasteiger partial charge < -0.3 is 0 Å². The van der Waals surface area contributed by atoms with Crippen LogP contribution in [0.3, 0.4) is 0 Å². The molecule has 1 nitrogen and oxygen atoms in total. The highest BCUT2D eigenvalue weighted by Crippen LogP contribution is 2.30. The number of ketones is 1. The van der Waals surface area contributed by atoms with Crippen LogP contribution in [0.5, 0.6) is 0 Å². The van der Waals surface area contributed by atoms with Gasteiger partial charge in [-0.05, 0) is 18.1 Å². The van der Waals surface area contributed by atoms with Crippen LogP contribution in [0.25, 0.3) is 0 Å². The first-order valence-corrected chi connectivity index (χ1v) is 5.05. The predicted molar refractivity (Wildman–Crippen MR) is 52.7 cm³/mol. The van der Waals surface area contributed by atoms with E-state index in [9.17, 15) is 9.18 Å². The van der Waals surface area contributed by atoms with Gasteiger partial charge in [0.1, 0.15) is 5.82 Å². The Hall–Kier alpha value is -1.18. The van der Waals surface area contributed by atoms with Gasteiger partial charge >= 0.3 is 0 Å². The molecule has 1 saturated carbocycles. The summed E-state index contributed by atoms with van der Waals surface area (Å²) < 4.78 is 13.2. The lowest BCUT2D eigenvalue weighted by Crippen LogP contribution is -2.16. The van der Waals surface area contributed by atoms with Gasteiger partial charge in [-0.15, -0.1) is 0 Å². The van der Waals surface area contributed by atoms with Crippen LogP contribution >= 0.6 is 0 Å². The van der Waals surface area contributed by atoms with E-state index in [1.807, 2.05) is 0 Å². The van der Waals surface area contributed by atoms with Gasteiger partial charge in [0.05, 0.1) is 5.56 Å². The summed E-state index contributed by atoms with van der Waals surface area (Å²) in [5, 5.41) is 0. The number of carbonyl (C=O) groups excluding carboxylic acids is 1. The molecule has 0 spiro atoms. The Labute approximate surface area is 82.9 Å². The maximum Gasteiger partial charge on any atom is 0.166 e. The van der Waals surface area contributed by atoms with Gasteiger partial charge in [0, 0.05) is 6.42 Å². The molecular formula is C12H13FO. The van der Waals surface area contributed by atoms with Crippen molar-refractivity contribution in [3.05, 3.63) is 35.6 Å². The third kappa shape index (κ3) is 1.84. The van der Waals surface area contributed by atoms with E-state index >= 15 is 0 Å². The normalized spacial score (nSPS) is 16.4. The monoisotopic (exact) mass is 192 g/mol. The Morgan fingerprint density at radius 2 is 2.07 bits per heavy atom. The van der Waals surface area contributed by atoms with Crippen LogP contribution in [-0.4, -0.2) is 5.78 Å². The van der Waals surface area contributed by atoms with Crippen LogP contribution in [0.1, 0.15) is 36.0 Å². The van der Waals surface area contributed by atoms with Crippen molar-refractivity contribution in [2.75, 3.05) is 0 Å². The van der Waals surface area contributed by atoms with Gasteiger partial charge in [-0.3, -0.25) is 4.79 Å². The molecule has 1 fully saturated rings. The summed E-state index contributed by atoms with van der Waals surface area (Å²) in [6.07, 6.45) is 3.98. The fourth-order valence-corrected chi connectivity index (χ4v) is 1.76. The van der Waals surface area contributed by atoms with E-state index < -0.39 is 5.82 Å². The fraction of sp³-hybridized carbons (Fsp3) is 0.417. The first-order valence-electron chi connectivity index (χ1n) is 5.05. The summed E-state index contributed by atoms with van der Waals surface area (Å²) in [5.41, 5.74) is 0.249. The van der Waals surface area contributed by atoms with E-state index in [1.165, 1.54) is 12.5 Å². The molecule has 0 aliphatic heterocycles. The van der Waals surface area contributed by atoms with Crippen LogP contribution in [0.15, 0.2) is 24.3 Å². The fourth-order valence-electron chi connectivity index (χ4n) is 1.76. The average molecular weight is 192 g/mol. The molecule has 0 amide bonds.